The summed E-state index contributed by atoms with van der Waals surface area (Å²) in [5.74, 6) is -0.377. The van der Waals surface area contributed by atoms with E-state index in [9.17, 15) is 4.79 Å². The summed E-state index contributed by atoms with van der Waals surface area (Å²) in [6, 6.07) is 16.1. The van der Waals surface area contributed by atoms with Gasteiger partial charge in [-0.15, -0.1) is 12.4 Å². The molecule has 0 saturated carbocycles. The number of nitrogens with zero attached hydrogens (tertiary/aromatic N) is 3. The Morgan fingerprint density at radius 3 is 2.24 bits per heavy atom. The number of allylic oxidation sites excluding steroid dienone is 1. The molecular weight excluding hydrogens is 517 g/mol. The van der Waals surface area contributed by atoms with Crippen LogP contribution in [0.25, 0.3) is 5.57 Å². The van der Waals surface area contributed by atoms with E-state index in [1.165, 1.54) is 24.1 Å². The quantitative estimate of drug-likeness (QED) is 0.523. The number of hydrogen-bond acceptors (Lipinski definition) is 5. The van der Waals surface area contributed by atoms with E-state index >= 15 is 0 Å². The van der Waals surface area contributed by atoms with Crippen molar-refractivity contribution in [3.8, 4) is 0 Å². The minimum Gasteiger partial charge on any atom is -0.369 e. The highest BCUT2D eigenvalue weighted by atomic mass is 35.5. The number of carbonyl (C=O) groups excluding carboxylic acids is 1. The molecule has 1 aliphatic carbocycles. The molecule has 0 aromatic heterocycles. The summed E-state index contributed by atoms with van der Waals surface area (Å²) in [5.41, 5.74) is 11.9. The lowest BCUT2D eigenvalue weighted by molar-refractivity contribution is 0.100. The van der Waals surface area contributed by atoms with E-state index in [0.717, 1.165) is 82.5 Å². The smallest absolute Gasteiger partial charge is 0.248 e. The van der Waals surface area contributed by atoms with Crippen LogP contribution in [0.1, 0.15) is 42.1 Å². The van der Waals surface area contributed by atoms with E-state index in [4.69, 9.17) is 17.3 Å². The molecular formula is C30H41Cl2N5O. The summed E-state index contributed by atoms with van der Waals surface area (Å²) < 4.78 is 0. The monoisotopic (exact) mass is 557 g/mol. The number of nitrogens with one attached hydrogen (secondary N) is 1. The number of halogens is 2. The van der Waals surface area contributed by atoms with Crippen LogP contribution in [-0.2, 0) is 0 Å². The van der Waals surface area contributed by atoms with Crippen molar-refractivity contribution in [1.82, 2.24) is 15.1 Å². The van der Waals surface area contributed by atoms with Gasteiger partial charge in [0.05, 0.1) is 0 Å². The first-order valence-corrected chi connectivity index (χ1v) is 14.0. The molecule has 38 heavy (non-hydrogen) atoms. The van der Waals surface area contributed by atoms with Gasteiger partial charge in [-0.3, -0.25) is 9.69 Å². The molecule has 5 rings (SSSR count). The predicted molar refractivity (Wildman–Crippen MR) is 161 cm³/mol. The highest BCUT2D eigenvalue weighted by Gasteiger charge is 2.34. The molecule has 2 heterocycles. The largest absolute Gasteiger partial charge is 0.369 e. The third-order valence-electron chi connectivity index (χ3n) is 8.36. The number of anilines is 1. The van der Waals surface area contributed by atoms with Crippen molar-refractivity contribution in [2.75, 3.05) is 70.3 Å². The molecule has 8 heteroatoms. The Bertz CT molecular complexity index is 1110. The lowest BCUT2D eigenvalue weighted by Crippen LogP contribution is -2.49. The van der Waals surface area contributed by atoms with Gasteiger partial charge in [-0.25, -0.2) is 0 Å². The Labute approximate surface area is 238 Å². The molecule has 1 amide bonds. The average molecular weight is 559 g/mol. The second kappa shape index (κ2) is 12.8. The van der Waals surface area contributed by atoms with E-state index < -0.39 is 0 Å². The number of nitrogens with two attached hydrogens (primary N) is 1. The van der Waals surface area contributed by atoms with Crippen LogP contribution < -0.4 is 16.0 Å². The zero-order valence-electron chi connectivity index (χ0n) is 22.4. The van der Waals surface area contributed by atoms with Crippen LogP contribution in [0.3, 0.4) is 0 Å². The van der Waals surface area contributed by atoms with Crippen LogP contribution in [0.2, 0.25) is 5.02 Å². The molecule has 2 saturated heterocycles. The van der Waals surface area contributed by atoms with Gasteiger partial charge in [0, 0.05) is 81.7 Å². The Hall–Kier alpha value is -2.09. The molecule has 2 aromatic carbocycles. The maximum atomic E-state index is 11.4. The third-order valence-corrected chi connectivity index (χ3v) is 8.61. The van der Waals surface area contributed by atoms with E-state index in [0.29, 0.717) is 11.0 Å². The van der Waals surface area contributed by atoms with Crippen LogP contribution in [-0.4, -0.2) is 81.2 Å². The first-order valence-electron chi connectivity index (χ1n) is 13.7. The van der Waals surface area contributed by atoms with Crippen LogP contribution >= 0.6 is 24.0 Å². The first kappa shape index (κ1) is 28.9. The summed E-state index contributed by atoms with van der Waals surface area (Å²) in [6.07, 6.45) is 3.52. The lowest BCUT2D eigenvalue weighted by atomic mass is 9.71. The van der Waals surface area contributed by atoms with Gasteiger partial charge in [0.25, 0.3) is 0 Å². The van der Waals surface area contributed by atoms with Gasteiger partial charge in [0.15, 0.2) is 0 Å². The Morgan fingerprint density at radius 2 is 1.61 bits per heavy atom. The van der Waals surface area contributed by atoms with E-state index in [1.807, 2.05) is 36.4 Å². The lowest BCUT2D eigenvalue weighted by Gasteiger charge is -2.43. The molecule has 1 atom stereocenters. The number of rotatable bonds is 7. The minimum atomic E-state index is -0.377. The van der Waals surface area contributed by atoms with Gasteiger partial charge in [-0.1, -0.05) is 36.2 Å². The number of piperazine rings is 2. The Morgan fingerprint density at radius 1 is 0.947 bits per heavy atom. The topological polar surface area (TPSA) is 64.8 Å². The van der Waals surface area contributed by atoms with Crippen LogP contribution in [0, 0.1) is 5.41 Å². The molecule has 0 unspecified atom stereocenters. The zero-order valence-corrected chi connectivity index (χ0v) is 24.0. The number of amides is 1. The minimum absolute atomic E-state index is 0. The van der Waals surface area contributed by atoms with Gasteiger partial charge in [-0.2, -0.15) is 0 Å². The average Bonchev–Trinajstić information content (AvgIpc) is 2.90. The maximum absolute atomic E-state index is 11.4. The molecule has 0 spiro atoms. The second-order valence-corrected chi connectivity index (χ2v) is 11.7. The van der Waals surface area contributed by atoms with Crippen molar-refractivity contribution < 1.29 is 4.79 Å². The summed E-state index contributed by atoms with van der Waals surface area (Å²) in [7, 11) is 0. The fraction of sp³-hybridized carbons (Fsp3) is 0.500. The number of carbonyl (C=O) groups is 1. The van der Waals surface area contributed by atoms with Crippen molar-refractivity contribution in [2.45, 2.75) is 26.2 Å². The van der Waals surface area contributed by atoms with Gasteiger partial charge in [0.2, 0.25) is 5.91 Å². The summed E-state index contributed by atoms with van der Waals surface area (Å²) in [6.45, 7) is 13.3. The van der Waals surface area contributed by atoms with Crippen molar-refractivity contribution in [1.29, 1.82) is 0 Å². The van der Waals surface area contributed by atoms with Crippen molar-refractivity contribution in [2.24, 2.45) is 11.1 Å². The van der Waals surface area contributed by atoms with Crippen LogP contribution in [0.15, 0.2) is 54.1 Å². The highest BCUT2D eigenvalue weighted by molar-refractivity contribution is 6.30. The van der Waals surface area contributed by atoms with Crippen LogP contribution in [0.5, 0.6) is 0 Å². The van der Waals surface area contributed by atoms with E-state index in [-0.39, 0.29) is 18.3 Å². The molecule has 6 nitrogen and oxygen atoms in total. The Kier molecular flexibility index (Phi) is 9.77. The van der Waals surface area contributed by atoms with Crippen molar-refractivity contribution in [3.05, 3.63) is 70.3 Å². The molecule has 0 bridgehead atoms. The van der Waals surface area contributed by atoms with E-state index in [2.05, 4.69) is 39.1 Å². The molecule has 206 valence electrons. The number of benzene rings is 2. The SMILES string of the molecule is C[C@@]1(CN2CCNCC2)CCC(c2ccc(Cl)cc2)=C(CN2CCN(c3ccc(C(N)=O)cc3)CC2)C1.Cl. The number of hydrogen-bond donors (Lipinski definition) is 2. The fourth-order valence-electron chi connectivity index (χ4n) is 6.28. The summed E-state index contributed by atoms with van der Waals surface area (Å²) >= 11 is 6.22. The maximum Gasteiger partial charge on any atom is 0.248 e. The van der Waals surface area contributed by atoms with Gasteiger partial charge < -0.3 is 20.9 Å². The zero-order chi connectivity index (χ0) is 25.8. The fourth-order valence-corrected chi connectivity index (χ4v) is 6.41. The first-order chi connectivity index (χ1) is 17.9. The standard InChI is InChI=1S/C30H40ClN5O.ClH/c1-30(22-35-14-12-33-13-15-35)11-10-28(23-2-6-26(31)7-3-23)25(20-30)21-34-16-18-36(19-17-34)27-8-4-24(5-9-27)29(32)37;/h2-9,33H,10-22H2,1H3,(H2,32,37);1H/t30-;/m1./s1. The molecule has 2 fully saturated rings. The summed E-state index contributed by atoms with van der Waals surface area (Å²) in [5, 5.41) is 4.29. The summed E-state index contributed by atoms with van der Waals surface area (Å²) in [4.78, 5) is 19.1. The molecule has 3 N–H and O–H groups in total. The third kappa shape index (κ3) is 7.10. The van der Waals surface area contributed by atoms with Gasteiger partial charge in [-0.05, 0) is 72.2 Å². The van der Waals surface area contributed by atoms with E-state index in [1.54, 1.807) is 5.57 Å². The van der Waals surface area contributed by atoms with Gasteiger partial charge >= 0.3 is 0 Å². The molecule has 0 radical (unpaired) electrons. The van der Waals surface area contributed by atoms with Crippen LogP contribution in [0.4, 0.5) is 5.69 Å². The number of primary amides is 1. The van der Waals surface area contributed by atoms with Crippen molar-refractivity contribution in [3.63, 3.8) is 0 Å². The van der Waals surface area contributed by atoms with Gasteiger partial charge in [0.1, 0.15) is 0 Å². The molecule has 3 aliphatic rings. The second-order valence-electron chi connectivity index (χ2n) is 11.3. The predicted octanol–water partition coefficient (Wildman–Crippen LogP) is 4.53. The normalized spacial score (nSPS) is 23.3. The molecule has 2 aliphatic heterocycles. The highest BCUT2D eigenvalue weighted by Crippen LogP contribution is 2.44. The van der Waals surface area contributed by atoms with Crippen molar-refractivity contribution >= 4 is 41.2 Å². The Balaban J connectivity index is 0.00000336. The molecule has 2 aromatic rings.